The van der Waals surface area contributed by atoms with E-state index in [4.69, 9.17) is 4.74 Å². The van der Waals surface area contributed by atoms with E-state index >= 15 is 0 Å². The molecule has 0 amide bonds. The van der Waals surface area contributed by atoms with Crippen molar-refractivity contribution >= 4 is 11.5 Å². The first-order chi connectivity index (χ1) is 7.24. The smallest absolute Gasteiger partial charge is 0.217 e. The Kier molecular flexibility index (Phi) is 1.68. The molecule has 3 heteroatoms. The number of anilines is 1. The Balaban J connectivity index is 2.10. The van der Waals surface area contributed by atoms with Crippen molar-refractivity contribution in [3.63, 3.8) is 0 Å². The van der Waals surface area contributed by atoms with Crippen LogP contribution >= 0.6 is 0 Å². The summed E-state index contributed by atoms with van der Waals surface area (Å²) < 4.78 is 5.65. The first-order valence-electron chi connectivity index (χ1n) is 5.30. The SMILES string of the molecule is CC1CCOC12Nc1ccccc1C2=O. The molecular formula is C12H13NO2. The fraction of sp³-hybridized carbons (Fsp3) is 0.417. The zero-order chi connectivity index (χ0) is 10.5. The molecule has 1 aromatic rings. The van der Waals surface area contributed by atoms with Gasteiger partial charge < -0.3 is 10.1 Å². The normalized spacial score (nSPS) is 33.1. The Bertz CT molecular complexity index is 429. The Morgan fingerprint density at radius 3 is 2.93 bits per heavy atom. The second-order valence-corrected chi connectivity index (χ2v) is 4.27. The minimum atomic E-state index is -0.774. The molecule has 1 fully saturated rings. The van der Waals surface area contributed by atoms with E-state index in [0.29, 0.717) is 6.61 Å². The van der Waals surface area contributed by atoms with Gasteiger partial charge in [0, 0.05) is 17.2 Å². The van der Waals surface area contributed by atoms with Crippen molar-refractivity contribution in [2.24, 2.45) is 5.92 Å². The largest absolute Gasteiger partial charge is 0.350 e. The Morgan fingerprint density at radius 2 is 2.27 bits per heavy atom. The van der Waals surface area contributed by atoms with Crippen LogP contribution in [0.25, 0.3) is 0 Å². The first kappa shape index (κ1) is 8.92. The van der Waals surface area contributed by atoms with Gasteiger partial charge in [0.15, 0.2) is 0 Å². The summed E-state index contributed by atoms with van der Waals surface area (Å²) in [6.07, 6.45) is 0.937. The number of fused-ring (bicyclic) bond motifs is 1. The number of para-hydroxylation sites is 1. The molecule has 0 aliphatic carbocycles. The van der Waals surface area contributed by atoms with Gasteiger partial charge in [-0.05, 0) is 18.6 Å². The monoisotopic (exact) mass is 203 g/mol. The van der Waals surface area contributed by atoms with E-state index in [-0.39, 0.29) is 11.7 Å². The summed E-state index contributed by atoms with van der Waals surface area (Å²) in [4.78, 5) is 12.2. The molecule has 0 saturated carbocycles. The number of carbonyl (C=O) groups is 1. The maximum absolute atomic E-state index is 12.2. The molecule has 3 nitrogen and oxygen atoms in total. The lowest BCUT2D eigenvalue weighted by molar-refractivity contribution is 0.0169. The summed E-state index contributed by atoms with van der Waals surface area (Å²) in [5.41, 5.74) is 0.881. The van der Waals surface area contributed by atoms with E-state index in [1.807, 2.05) is 24.3 Å². The third-order valence-corrected chi connectivity index (χ3v) is 3.40. The van der Waals surface area contributed by atoms with E-state index in [0.717, 1.165) is 17.7 Å². The molecular weight excluding hydrogens is 190 g/mol. The van der Waals surface area contributed by atoms with Gasteiger partial charge in [0.2, 0.25) is 11.5 Å². The molecule has 1 spiro atoms. The fourth-order valence-electron chi connectivity index (χ4n) is 2.44. The van der Waals surface area contributed by atoms with Crippen molar-refractivity contribution in [1.82, 2.24) is 0 Å². The van der Waals surface area contributed by atoms with Crippen molar-refractivity contribution in [2.45, 2.75) is 19.1 Å². The number of carbonyl (C=O) groups excluding carboxylic acids is 1. The van der Waals surface area contributed by atoms with Crippen LogP contribution in [0.4, 0.5) is 5.69 Å². The van der Waals surface area contributed by atoms with Gasteiger partial charge in [-0.3, -0.25) is 4.79 Å². The summed E-state index contributed by atoms with van der Waals surface area (Å²) in [6, 6.07) is 7.60. The summed E-state index contributed by atoms with van der Waals surface area (Å²) in [6.45, 7) is 2.72. The molecule has 2 aliphatic rings. The van der Waals surface area contributed by atoms with Crippen LogP contribution in [0.2, 0.25) is 0 Å². The van der Waals surface area contributed by atoms with Crippen LogP contribution in [0, 0.1) is 5.92 Å². The third kappa shape index (κ3) is 1.01. The number of ether oxygens (including phenoxy) is 1. The average molecular weight is 203 g/mol. The second-order valence-electron chi connectivity index (χ2n) is 4.27. The van der Waals surface area contributed by atoms with Crippen LogP contribution < -0.4 is 5.32 Å². The molecule has 2 atom stereocenters. The van der Waals surface area contributed by atoms with Crippen molar-refractivity contribution in [2.75, 3.05) is 11.9 Å². The fourth-order valence-corrected chi connectivity index (χ4v) is 2.44. The number of hydrogen-bond acceptors (Lipinski definition) is 3. The van der Waals surface area contributed by atoms with Crippen molar-refractivity contribution in [3.05, 3.63) is 29.8 Å². The maximum atomic E-state index is 12.2. The lowest BCUT2D eigenvalue weighted by atomic mass is 9.93. The van der Waals surface area contributed by atoms with Crippen LogP contribution in [0.1, 0.15) is 23.7 Å². The molecule has 3 rings (SSSR count). The van der Waals surface area contributed by atoms with E-state index in [9.17, 15) is 4.79 Å². The first-order valence-corrected chi connectivity index (χ1v) is 5.30. The maximum Gasteiger partial charge on any atom is 0.217 e. The summed E-state index contributed by atoms with van der Waals surface area (Å²) >= 11 is 0. The number of rotatable bonds is 0. The van der Waals surface area contributed by atoms with Gasteiger partial charge in [0.25, 0.3) is 0 Å². The molecule has 2 aliphatic heterocycles. The average Bonchev–Trinajstić information content (AvgIpc) is 2.74. The molecule has 2 heterocycles. The predicted octanol–water partition coefficient (Wildman–Crippen LogP) is 2.05. The molecule has 2 unspecified atom stereocenters. The van der Waals surface area contributed by atoms with Crippen molar-refractivity contribution in [3.8, 4) is 0 Å². The zero-order valence-electron chi connectivity index (χ0n) is 8.62. The van der Waals surface area contributed by atoms with Crippen molar-refractivity contribution < 1.29 is 9.53 Å². The Hall–Kier alpha value is -1.35. The molecule has 1 saturated heterocycles. The van der Waals surface area contributed by atoms with E-state index in [1.54, 1.807) is 0 Å². The van der Waals surface area contributed by atoms with Crippen LogP contribution in [-0.4, -0.2) is 18.1 Å². The predicted molar refractivity (Wildman–Crippen MR) is 56.9 cm³/mol. The number of hydrogen-bond donors (Lipinski definition) is 1. The highest BCUT2D eigenvalue weighted by atomic mass is 16.5. The standard InChI is InChI=1S/C12H13NO2/c1-8-6-7-15-12(8)11(14)9-4-2-3-5-10(9)13-12/h2-5,8,13H,6-7H2,1H3. The van der Waals surface area contributed by atoms with Crippen LogP contribution in [0.15, 0.2) is 24.3 Å². The highest BCUT2D eigenvalue weighted by Crippen LogP contribution is 2.42. The minimum Gasteiger partial charge on any atom is -0.350 e. The Labute approximate surface area is 88.4 Å². The third-order valence-electron chi connectivity index (χ3n) is 3.40. The quantitative estimate of drug-likeness (QED) is 0.701. The van der Waals surface area contributed by atoms with Crippen LogP contribution in [0.5, 0.6) is 0 Å². The second kappa shape index (κ2) is 2.83. The lowest BCUT2D eigenvalue weighted by Gasteiger charge is -2.26. The van der Waals surface area contributed by atoms with Gasteiger partial charge in [-0.1, -0.05) is 19.1 Å². The number of nitrogens with one attached hydrogen (secondary N) is 1. The number of Topliss-reactive ketones (excluding diaryl/α,β-unsaturated/α-hetero) is 1. The summed E-state index contributed by atoms with van der Waals surface area (Å²) in [7, 11) is 0. The minimum absolute atomic E-state index is 0.0862. The van der Waals surface area contributed by atoms with E-state index in [1.165, 1.54) is 0 Å². The molecule has 78 valence electrons. The van der Waals surface area contributed by atoms with Gasteiger partial charge in [0.05, 0.1) is 6.61 Å². The molecule has 15 heavy (non-hydrogen) atoms. The lowest BCUT2D eigenvalue weighted by Crippen LogP contribution is -2.45. The van der Waals surface area contributed by atoms with Crippen molar-refractivity contribution in [1.29, 1.82) is 0 Å². The molecule has 0 aromatic heterocycles. The molecule has 1 N–H and O–H groups in total. The topological polar surface area (TPSA) is 38.3 Å². The van der Waals surface area contributed by atoms with E-state index < -0.39 is 5.72 Å². The highest BCUT2D eigenvalue weighted by molar-refractivity contribution is 6.12. The van der Waals surface area contributed by atoms with Gasteiger partial charge in [-0.15, -0.1) is 0 Å². The Morgan fingerprint density at radius 1 is 1.47 bits per heavy atom. The molecule has 0 radical (unpaired) electrons. The summed E-state index contributed by atoms with van der Waals surface area (Å²) in [5.74, 6) is 0.320. The highest BCUT2D eigenvalue weighted by Gasteiger charge is 2.53. The van der Waals surface area contributed by atoms with Crippen LogP contribution in [0.3, 0.4) is 0 Å². The number of benzene rings is 1. The van der Waals surface area contributed by atoms with Gasteiger partial charge in [-0.25, -0.2) is 0 Å². The van der Waals surface area contributed by atoms with Gasteiger partial charge >= 0.3 is 0 Å². The van der Waals surface area contributed by atoms with Gasteiger partial charge in [0.1, 0.15) is 0 Å². The number of ketones is 1. The van der Waals surface area contributed by atoms with Crippen LogP contribution in [-0.2, 0) is 4.74 Å². The molecule has 0 bridgehead atoms. The van der Waals surface area contributed by atoms with Gasteiger partial charge in [-0.2, -0.15) is 0 Å². The zero-order valence-corrected chi connectivity index (χ0v) is 8.62. The summed E-state index contributed by atoms with van der Waals surface area (Å²) in [5, 5.41) is 3.24. The molecule has 1 aromatic carbocycles. The van der Waals surface area contributed by atoms with E-state index in [2.05, 4.69) is 12.2 Å².